The molecule has 2 N–H and O–H groups in total. The summed E-state index contributed by atoms with van der Waals surface area (Å²) in [6, 6.07) is 17.9. The van der Waals surface area contributed by atoms with Crippen molar-refractivity contribution in [3.8, 4) is 0 Å². The van der Waals surface area contributed by atoms with Crippen LogP contribution in [0.3, 0.4) is 0 Å². The monoisotopic (exact) mass is 462 g/mol. The summed E-state index contributed by atoms with van der Waals surface area (Å²) < 4.78 is 0. The van der Waals surface area contributed by atoms with Crippen LogP contribution in [0.4, 0.5) is 5.82 Å². The van der Waals surface area contributed by atoms with Crippen LogP contribution >= 0.6 is 0 Å². The number of nitrogens with zero attached hydrogens (tertiary/aromatic N) is 3. The van der Waals surface area contributed by atoms with Gasteiger partial charge in [0.25, 0.3) is 0 Å². The quantitative estimate of drug-likeness (QED) is 0.444. The first-order valence-electron chi connectivity index (χ1n) is 12.3. The van der Waals surface area contributed by atoms with Crippen molar-refractivity contribution in [3.63, 3.8) is 0 Å². The average molecular weight is 463 g/mol. The molecule has 1 heterocycles. The van der Waals surface area contributed by atoms with Crippen LogP contribution in [0.2, 0.25) is 0 Å². The van der Waals surface area contributed by atoms with Crippen LogP contribution in [0, 0.1) is 18.8 Å². The number of nitrogens with one attached hydrogen (secondary N) is 1. The first-order chi connectivity index (χ1) is 16.4. The van der Waals surface area contributed by atoms with Crippen molar-refractivity contribution in [3.05, 3.63) is 79.1 Å². The van der Waals surface area contributed by atoms with Crippen LogP contribution in [0.1, 0.15) is 50.1 Å². The number of para-hydroxylation sites is 1. The van der Waals surface area contributed by atoms with Crippen molar-refractivity contribution >= 4 is 16.7 Å². The van der Waals surface area contributed by atoms with Crippen LogP contribution in [-0.2, 0) is 0 Å². The zero-order chi connectivity index (χ0) is 24.9. The maximum Gasteiger partial charge on any atom is 0.139 e. The number of benzene rings is 2. The molecule has 0 radical (unpaired) electrons. The molecule has 1 aromatic heterocycles. The molecule has 1 aliphatic rings. The predicted molar refractivity (Wildman–Crippen MR) is 145 cm³/mol. The molecule has 3 aromatic rings. The number of aryl methyl sites for hydroxylation is 1. The Morgan fingerprint density at radius 3 is 2.24 bits per heavy atom. The maximum absolute atomic E-state index is 10.0. The minimum absolute atomic E-state index is 0.381. The predicted octanol–water partition coefficient (Wildman–Crippen LogP) is 5.94. The Kier molecular flexibility index (Phi) is 11.7. The van der Waals surface area contributed by atoms with Gasteiger partial charge in [-0.15, -0.1) is 13.2 Å². The van der Waals surface area contributed by atoms with Crippen molar-refractivity contribution < 1.29 is 5.11 Å². The number of aromatic nitrogens is 2. The second-order valence-corrected chi connectivity index (χ2v) is 9.22. The van der Waals surface area contributed by atoms with Crippen molar-refractivity contribution in [1.82, 2.24) is 15.3 Å². The molecule has 1 unspecified atom stereocenters. The van der Waals surface area contributed by atoms with E-state index in [-0.39, 0.29) is 6.10 Å². The molecule has 0 saturated heterocycles. The fraction of sp³-hybridized carbons (Fsp3) is 0.448. The molecule has 0 aliphatic heterocycles. The van der Waals surface area contributed by atoms with E-state index < -0.39 is 0 Å². The summed E-state index contributed by atoms with van der Waals surface area (Å²) in [5.74, 6) is 3.51. The van der Waals surface area contributed by atoms with E-state index in [1.165, 1.54) is 25.7 Å². The molecular formula is C29H42N4O. The minimum atomic E-state index is -0.381. The highest BCUT2D eigenvalue weighted by Crippen LogP contribution is 2.27. The van der Waals surface area contributed by atoms with Gasteiger partial charge in [0.05, 0.1) is 11.6 Å². The second-order valence-electron chi connectivity index (χ2n) is 9.22. The summed E-state index contributed by atoms with van der Waals surface area (Å²) in [7, 11) is 3.99. The SMILES string of the molecule is C=C.CC1CCC(CNCC(O)c2ccccc2)CC1.Cc1nc(N(C)C)c2ccccc2n1. The van der Waals surface area contributed by atoms with Gasteiger partial charge in [-0.2, -0.15) is 0 Å². The highest BCUT2D eigenvalue weighted by Gasteiger charge is 2.18. The molecule has 5 heteroatoms. The van der Waals surface area contributed by atoms with Crippen molar-refractivity contribution in [2.75, 3.05) is 32.1 Å². The van der Waals surface area contributed by atoms with Gasteiger partial charge in [-0.1, -0.05) is 62.2 Å². The zero-order valence-corrected chi connectivity index (χ0v) is 21.4. The first-order valence-corrected chi connectivity index (χ1v) is 12.3. The Morgan fingerprint density at radius 2 is 1.59 bits per heavy atom. The summed E-state index contributed by atoms with van der Waals surface area (Å²) in [4.78, 5) is 10.8. The van der Waals surface area contributed by atoms with Crippen LogP contribution in [-0.4, -0.2) is 42.3 Å². The van der Waals surface area contributed by atoms with Gasteiger partial charge in [-0.25, -0.2) is 9.97 Å². The lowest BCUT2D eigenvalue weighted by atomic mass is 9.83. The third-order valence-corrected chi connectivity index (χ3v) is 6.21. The number of hydrogen-bond donors (Lipinski definition) is 2. The van der Waals surface area contributed by atoms with Crippen LogP contribution in [0.25, 0.3) is 10.9 Å². The highest BCUT2D eigenvalue weighted by atomic mass is 16.3. The van der Waals surface area contributed by atoms with Gasteiger partial charge in [0.2, 0.25) is 0 Å². The van der Waals surface area contributed by atoms with Crippen molar-refractivity contribution in [1.29, 1.82) is 0 Å². The minimum Gasteiger partial charge on any atom is -0.387 e. The molecule has 1 fully saturated rings. The van der Waals surface area contributed by atoms with Gasteiger partial charge in [-0.05, 0) is 55.8 Å². The van der Waals surface area contributed by atoms with E-state index in [0.717, 1.165) is 46.5 Å². The van der Waals surface area contributed by atoms with Gasteiger partial charge >= 0.3 is 0 Å². The lowest BCUT2D eigenvalue weighted by Crippen LogP contribution is -2.29. The maximum atomic E-state index is 10.0. The van der Waals surface area contributed by atoms with Gasteiger partial charge in [-0.3, -0.25) is 0 Å². The average Bonchev–Trinajstić information content (AvgIpc) is 2.86. The lowest BCUT2D eigenvalue weighted by molar-refractivity contribution is 0.169. The number of anilines is 1. The molecule has 0 amide bonds. The molecule has 0 spiro atoms. The summed E-state index contributed by atoms with van der Waals surface area (Å²) in [6.07, 6.45) is 5.04. The third kappa shape index (κ3) is 8.54. The van der Waals surface area contributed by atoms with Crippen LogP contribution in [0.5, 0.6) is 0 Å². The molecular weight excluding hydrogens is 420 g/mol. The van der Waals surface area contributed by atoms with E-state index in [1.54, 1.807) is 0 Å². The number of fused-ring (bicyclic) bond motifs is 1. The smallest absolute Gasteiger partial charge is 0.139 e. The van der Waals surface area contributed by atoms with E-state index in [0.29, 0.717) is 6.54 Å². The summed E-state index contributed by atoms with van der Waals surface area (Å²) in [5.41, 5.74) is 2.01. The molecule has 4 rings (SSSR count). The Bertz CT molecular complexity index is 968. The molecule has 184 valence electrons. The number of hydrogen-bond acceptors (Lipinski definition) is 5. The fourth-order valence-corrected chi connectivity index (χ4v) is 4.26. The molecule has 1 aliphatic carbocycles. The van der Waals surface area contributed by atoms with E-state index in [4.69, 9.17) is 0 Å². The second kappa shape index (κ2) is 14.5. The van der Waals surface area contributed by atoms with Gasteiger partial charge in [0, 0.05) is 26.0 Å². The van der Waals surface area contributed by atoms with Gasteiger partial charge < -0.3 is 15.3 Å². The number of aliphatic hydroxyl groups is 1. The van der Waals surface area contributed by atoms with Gasteiger partial charge in [0.15, 0.2) is 0 Å². The third-order valence-electron chi connectivity index (χ3n) is 6.21. The molecule has 5 nitrogen and oxygen atoms in total. The van der Waals surface area contributed by atoms with E-state index in [9.17, 15) is 5.11 Å². The fourth-order valence-electron chi connectivity index (χ4n) is 4.26. The largest absolute Gasteiger partial charge is 0.387 e. The normalized spacial score (nSPS) is 18.1. The molecule has 34 heavy (non-hydrogen) atoms. The first kappa shape index (κ1) is 27.5. The van der Waals surface area contributed by atoms with E-state index in [1.807, 2.05) is 80.5 Å². The van der Waals surface area contributed by atoms with Crippen molar-refractivity contribution in [2.24, 2.45) is 11.8 Å². The Morgan fingerprint density at radius 1 is 0.971 bits per heavy atom. The van der Waals surface area contributed by atoms with Crippen molar-refractivity contribution in [2.45, 2.75) is 45.6 Å². The molecule has 0 bridgehead atoms. The van der Waals surface area contributed by atoms with Gasteiger partial charge in [0.1, 0.15) is 11.6 Å². The Balaban J connectivity index is 0.000000230. The van der Waals surface area contributed by atoms with Crippen LogP contribution in [0.15, 0.2) is 67.8 Å². The topological polar surface area (TPSA) is 61.3 Å². The zero-order valence-electron chi connectivity index (χ0n) is 21.4. The Labute approximate surface area is 206 Å². The summed E-state index contributed by atoms with van der Waals surface area (Å²) in [6.45, 7) is 12.0. The molecule has 1 saturated carbocycles. The lowest BCUT2D eigenvalue weighted by Gasteiger charge is -2.26. The Hall–Kier alpha value is -2.76. The van der Waals surface area contributed by atoms with E-state index >= 15 is 0 Å². The van der Waals surface area contributed by atoms with Crippen LogP contribution < -0.4 is 10.2 Å². The highest BCUT2D eigenvalue weighted by molar-refractivity contribution is 5.89. The molecule has 2 aromatic carbocycles. The standard InChI is InChI=1S/C16H25NO.C11H13N3.C2H4/c1-13-7-9-14(10-8-13)11-17-12-16(18)15-5-3-2-4-6-15;1-8-12-10-7-5-4-6-9(10)11(13-8)14(2)3;1-2/h2-6,13-14,16-18H,7-12H2,1H3;4-7H,1-3H3;1-2H2. The summed E-state index contributed by atoms with van der Waals surface area (Å²) in [5, 5.41) is 14.5. The number of aliphatic hydroxyl groups excluding tert-OH is 1. The number of rotatable bonds is 6. The summed E-state index contributed by atoms with van der Waals surface area (Å²) >= 11 is 0. The molecule has 1 atom stereocenters. The van der Waals surface area contributed by atoms with E-state index in [2.05, 4.69) is 35.4 Å².